The molecule has 1 heterocycles. The number of rotatable bonds is 6. The van der Waals surface area contributed by atoms with Gasteiger partial charge in [0.25, 0.3) is 0 Å². The molecule has 1 saturated heterocycles. The van der Waals surface area contributed by atoms with Crippen LogP contribution in [0.1, 0.15) is 24.0 Å². The summed E-state index contributed by atoms with van der Waals surface area (Å²) in [5.74, 6) is -0.313. The SMILES string of the molecule is O=C(OCc1ccccc1)C1C[C@H](OCc2ccccc2)CCO1. The van der Waals surface area contributed by atoms with Crippen molar-refractivity contribution in [2.24, 2.45) is 0 Å². The van der Waals surface area contributed by atoms with Crippen molar-refractivity contribution in [3.63, 3.8) is 0 Å². The molecule has 1 unspecified atom stereocenters. The Morgan fingerprint density at radius 1 is 0.958 bits per heavy atom. The first-order chi connectivity index (χ1) is 11.8. The van der Waals surface area contributed by atoms with E-state index < -0.39 is 6.10 Å². The highest BCUT2D eigenvalue weighted by Gasteiger charge is 2.29. The van der Waals surface area contributed by atoms with Gasteiger partial charge < -0.3 is 14.2 Å². The summed E-state index contributed by atoms with van der Waals surface area (Å²) in [7, 11) is 0. The monoisotopic (exact) mass is 326 g/mol. The van der Waals surface area contributed by atoms with Crippen molar-refractivity contribution < 1.29 is 19.0 Å². The van der Waals surface area contributed by atoms with E-state index in [1.807, 2.05) is 60.7 Å². The van der Waals surface area contributed by atoms with Crippen LogP contribution in [0, 0.1) is 0 Å². The first-order valence-electron chi connectivity index (χ1n) is 8.29. The van der Waals surface area contributed by atoms with Gasteiger partial charge in [0, 0.05) is 6.42 Å². The third kappa shape index (κ3) is 4.91. The largest absolute Gasteiger partial charge is 0.459 e. The molecule has 1 aliphatic heterocycles. The summed E-state index contributed by atoms with van der Waals surface area (Å²) in [4.78, 5) is 12.2. The van der Waals surface area contributed by atoms with E-state index in [0.29, 0.717) is 19.6 Å². The maximum Gasteiger partial charge on any atom is 0.335 e. The van der Waals surface area contributed by atoms with Crippen LogP contribution in [0.3, 0.4) is 0 Å². The lowest BCUT2D eigenvalue weighted by Gasteiger charge is -2.28. The molecule has 0 aliphatic carbocycles. The number of carbonyl (C=O) groups is 1. The first-order valence-corrected chi connectivity index (χ1v) is 8.29. The summed E-state index contributed by atoms with van der Waals surface area (Å²) in [6, 6.07) is 19.7. The molecular weight excluding hydrogens is 304 g/mol. The molecular formula is C20H22O4. The highest BCUT2D eigenvalue weighted by molar-refractivity contribution is 5.74. The Hall–Kier alpha value is -2.17. The molecule has 24 heavy (non-hydrogen) atoms. The Morgan fingerprint density at radius 2 is 1.58 bits per heavy atom. The average Bonchev–Trinajstić information content (AvgIpc) is 2.66. The minimum Gasteiger partial charge on any atom is -0.459 e. The van der Waals surface area contributed by atoms with Gasteiger partial charge in [-0.2, -0.15) is 0 Å². The van der Waals surface area contributed by atoms with Gasteiger partial charge in [0.05, 0.1) is 19.3 Å². The van der Waals surface area contributed by atoms with Gasteiger partial charge in [0.2, 0.25) is 0 Å². The van der Waals surface area contributed by atoms with Crippen LogP contribution in [0.5, 0.6) is 0 Å². The van der Waals surface area contributed by atoms with E-state index in [4.69, 9.17) is 14.2 Å². The molecule has 0 spiro atoms. The molecule has 2 aromatic carbocycles. The summed E-state index contributed by atoms with van der Waals surface area (Å²) in [5.41, 5.74) is 2.10. The Morgan fingerprint density at radius 3 is 2.25 bits per heavy atom. The van der Waals surface area contributed by atoms with Crippen LogP contribution in [0.4, 0.5) is 0 Å². The molecule has 3 rings (SSSR count). The predicted molar refractivity (Wildman–Crippen MR) is 90.2 cm³/mol. The third-order valence-corrected chi connectivity index (χ3v) is 4.05. The van der Waals surface area contributed by atoms with Crippen molar-refractivity contribution in [1.29, 1.82) is 0 Å². The van der Waals surface area contributed by atoms with Crippen molar-refractivity contribution >= 4 is 5.97 Å². The Bertz CT molecular complexity index is 627. The fourth-order valence-electron chi connectivity index (χ4n) is 2.69. The van der Waals surface area contributed by atoms with Crippen LogP contribution in [0.15, 0.2) is 60.7 Å². The smallest absolute Gasteiger partial charge is 0.335 e. The maximum absolute atomic E-state index is 12.2. The number of benzene rings is 2. The topological polar surface area (TPSA) is 44.8 Å². The van der Waals surface area contributed by atoms with Crippen molar-refractivity contribution in [2.75, 3.05) is 6.61 Å². The maximum atomic E-state index is 12.2. The van der Waals surface area contributed by atoms with Crippen molar-refractivity contribution in [2.45, 2.75) is 38.3 Å². The Balaban J connectivity index is 1.45. The molecule has 0 radical (unpaired) electrons. The lowest BCUT2D eigenvalue weighted by Crippen LogP contribution is -2.37. The van der Waals surface area contributed by atoms with Gasteiger partial charge in [-0.05, 0) is 17.5 Å². The lowest BCUT2D eigenvalue weighted by atomic mass is 10.1. The molecule has 0 bridgehead atoms. The molecule has 0 N–H and O–H groups in total. The molecule has 2 atom stereocenters. The number of ether oxygens (including phenoxy) is 3. The molecule has 0 aromatic heterocycles. The molecule has 0 saturated carbocycles. The summed E-state index contributed by atoms with van der Waals surface area (Å²) in [6.07, 6.45) is 0.826. The standard InChI is InChI=1S/C20H22O4/c21-20(24-15-17-9-5-2-6-10-17)19-13-18(11-12-22-19)23-14-16-7-3-1-4-8-16/h1-10,18-19H,11-15H2/t18-,19?/m1/s1. The van der Waals surface area contributed by atoms with Gasteiger partial charge in [-0.15, -0.1) is 0 Å². The zero-order valence-corrected chi connectivity index (χ0v) is 13.6. The van der Waals surface area contributed by atoms with Crippen LogP contribution < -0.4 is 0 Å². The second kappa shape index (κ2) is 8.62. The van der Waals surface area contributed by atoms with Gasteiger partial charge in [-0.1, -0.05) is 60.7 Å². The van der Waals surface area contributed by atoms with Gasteiger partial charge in [-0.25, -0.2) is 4.79 Å². The van der Waals surface area contributed by atoms with Gasteiger partial charge in [0.15, 0.2) is 6.10 Å². The quantitative estimate of drug-likeness (QED) is 0.762. The molecule has 4 heteroatoms. The van der Waals surface area contributed by atoms with Gasteiger partial charge >= 0.3 is 5.97 Å². The normalized spacial score (nSPS) is 20.5. The Labute approximate surface area is 142 Å². The summed E-state index contributed by atoms with van der Waals surface area (Å²) < 4.78 is 16.8. The number of hydrogen-bond acceptors (Lipinski definition) is 4. The van der Waals surface area contributed by atoms with Crippen LogP contribution in [0.2, 0.25) is 0 Å². The van der Waals surface area contributed by atoms with Crippen LogP contribution in [0.25, 0.3) is 0 Å². The van der Waals surface area contributed by atoms with E-state index in [1.165, 1.54) is 0 Å². The minimum absolute atomic E-state index is 0.0215. The van der Waals surface area contributed by atoms with Crippen LogP contribution in [-0.2, 0) is 32.2 Å². The van der Waals surface area contributed by atoms with Crippen LogP contribution in [-0.4, -0.2) is 24.8 Å². The first kappa shape index (κ1) is 16.7. The van der Waals surface area contributed by atoms with E-state index in [-0.39, 0.29) is 18.7 Å². The zero-order valence-electron chi connectivity index (χ0n) is 13.6. The predicted octanol–water partition coefficient (Wildman–Crippen LogP) is 3.49. The highest BCUT2D eigenvalue weighted by atomic mass is 16.6. The molecule has 2 aromatic rings. The lowest BCUT2D eigenvalue weighted by molar-refractivity contribution is -0.167. The summed E-state index contributed by atoms with van der Waals surface area (Å²) >= 11 is 0. The second-order valence-corrected chi connectivity index (χ2v) is 5.90. The van der Waals surface area contributed by atoms with E-state index in [2.05, 4.69) is 0 Å². The van der Waals surface area contributed by atoms with Crippen molar-refractivity contribution in [3.05, 3.63) is 71.8 Å². The van der Waals surface area contributed by atoms with E-state index in [1.54, 1.807) is 0 Å². The molecule has 4 nitrogen and oxygen atoms in total. The average molecular weight is 326 g/mol. The van der Waals surface area contributed by atoms with Gasteiger partial charge in [-0.3, -0.25) is 0 Å². The van der Waals surface area contributed by atoms with Crippen molar-refractivity contribution in [1.82, 2.24) is 0 Å². The molecule has 1 aliphatic rings. The van der Waals surface area contributed by atoms with E-state index in [0.717, 1.165) is 17.5 Å². The number of hydrogen-bond donors (Lipinski definition) is 0. The summed E-state index contributed by atoms with van der Waals surface area (Å²) in [5, 5.41) is 0. The highest BCUT2D eigenvalue weighted by Crippen LogP contribution is 2.20. The summed E-state index contributed by atoms with van der Waals surface area (Å²) in [6.45, 7) is 1.34. The molecule has 1 fully saturated rings. The van der Waals surface area contributed by atoms with Crippen molar-refractivity contribution in [3.8, 4) is 0 Å². The zero-order chi connectivity index (χ0) is 16.6. The minimum atomic E-state index is -0.539. The second-order valence-electron chi connectivity index (χ2n) is 5.90. The van der Waals surface area contributed by atoms with Gasteiger partial charge in [0.1, 0.15) is 6.61 Å². The number of esters is 1. The van der Waals surface area contributed by atoms with E-state index >= 15 is 0 Å². The van der Waals surface area contributed by atoms with Crippen LogP contribution >= 0.6 is 0 Å². The third-order valence-electron chi connectivity index (χ3n) is 4.05. The number of carbonyl (C=O) groups excluding carboxylic acids is 1. The van der Waals surface area contributed by atoms with E-state index in [9.17, 15) is 4.79 Å². The molecule has 126 valence electrons. The Kier molecular flexibility index (Phi) is 5.99. The molecule has 0 amide bonds. The fraction of sp³-hybridized carbons (Fsp3) is 0.350. The fourth-order valence-corrected chi connectivity index (χ4v) is 2.69.